The van der Waals surface area contributed by atoms with Crippen molar-refractivity contribution in [3.05, 3.63) is 16.3 Å². The fourth-order valence-electron chi connectivity index (χ4n) is 1.15. The largest absolute Gasteiger partial charge is 0.483 e. The summed E-state index contributed by atoms with van der Waals surface area (Å²) >= 11 is 1.06. The first-order valence-corrected chi connectivity index (χ1v) is 6.21. The number of nitrogens with one attached hydrogen (secondary N) is 1. The number of carbonyl (C=O) groups is 2. The fourth-order valence-corrected chi connectivity index (χ4v) is 1.82. The number of aromatic carboxylic acids is 1. The predicted octanol–water partition coefficient (Wildman–Crippen LogP) is 0.978. The van der Waals surface area contributed by atoms with E-state index < -0.39 is 5.97 Å². The van der Waals surface area contributed by atoms with E-state index in [0.717, 1.165) is 17.8 Å². The number of methoxy groups -OCH3 is 1. The van der Waals surface area contributed by atoms with Gasteiger partial charge in [0.2, 0.25) is 0 Å². The second-order valence-corrected chi connectivity index (χ2v) is 4.35. The second-order valence-electron chi connectivity index (χ2n) is 3.44. The van der Waals surface area contributed by atoms with Gasteiger partial charge in [0.25, 0.3) is 5.91 Å². The Morgan fingerprint density at radius 3 is 2.89 bits per heavy atom. The Morgan fingerprint density at radius 2 is 2.28 bits per heavy atom. The fraction of sp³-hybridized carbons (Fsp3) is 0.455. The van der Waals surface area contributed by atoms with Gasteiger partial charge in [0.05, 0.1) is 0 Å². The van der Waals surface area contributed by atoms with Crippen molar-refractivity contribution in [2.24, 2.45) is 0 Å². The van der Waals surface area contributed by atoms with E-state index in [0.29, 0.717) is 18.9 Å². The molecule has 1 heterocycles. The van der Waals surface area contributed by atoms with Crippen LogP contribution in [0.5, 0.6) is 5.75 Å². The average Bonchev–Trinajstić information content (AvgIpc) is 2.81. The monoisotopic (exact) mass is 273 g/mol. The molecule has 1 aromatic rings. The van der Waals surface area contributed by atoms with Gasteiger partial charge in [0, 0.05) is 31.7 Å². The van der Waals surface area contributed by atoms with Crippen molar-refractivity contribution in [3.8, 4) is 5.75 Å². The summed E-state index contributed by atoms with van der Waals surface area (Å²) in [5.41, 5.74) is 0. The molecule has 100 valence electrons. The molecule has 7 heteroatoms. The number of hydrogen-bond acceptors (Lipinski definition) is 5. The minimum atomic E-state index is -1.00. The van der Waals surface area contributed by atoms with E-state index in [4.69, 9.17) is 14.6 Å². The van der Waals surface area contributed by atoms with E-state index >= 15 is 0 Å². The molecule has 0 saturated carbocycles. The Bertz CT molecular complexity index is 404. The molecule has 0 atom stereocenters. The summed E-state index contributed by atoms with van der Waals surface area (Å²) in [4.78, 5) is 22.1. The summed E-state index contributed by atoms with van der Waals surface area (Å²) in [6.07, 6.45) is 0.740. The highest BCUT2D eigenvalue weighted by Crippen LogP contribution is 2.21. The maximum atomic E-state index is 11.3. The van der Waals surface area contributed by atoms with Crippen LogP contribution in [0.1, 0.15) is 16.1 Å². The molecule has 2 N–H and O–H groups in total. The van der Waals surface area contributed by atoms with E-state index in [1.165, 1.54) is 6.07 Å². The van der Waals surface area contributed by atoms with E-state index in [9.17, 15) is 9.59 Å². The third kappa shape index (κ3) is 5.15. The highest BCUT2D eigenvalue weighted by atomic mass is 32.1. The van der Waals surface area contributed by atoms with Gasteiger partial charge in [0.15, 0.2) is 6.61 Å². The Balaban J connectivity index is 2.23. The maximum Gasteiger partial charge on any atom is 0.346 e. The Morgan fingerprint density at radius 1 is 1.50 bits per heavy atom. The van der Waals surface area contributed by atoms with Crippen molar-refractivity contribution in [1.82, 2.24) is 5.32 Å². The third-order valence-corrected chi connectivity index (χ3v) is 2.90. The van der Waals surface area contributed by atoms with Gasteiger partial charge >= 0.3 is 5.97 Å². The van der Waals surface area contributed by atoms with Crippen LogP contribution in [0.3, 0.4) is 0 Å². The number of ether oxygens (including phenoxy) is 2. The minimum Gasteiger partial charge on any atom is -0.483 e. The summed E-state index contributed by atoms with van der Waals surface area (Å²) in [6.45, 7) is 0.996. The van der Waals surface area contributed by atoms with E-state index in [1.54, 1.807) is 12.5 Å². The lowest BCUT2D eigenvalue weighted by molar-refractivity contribution is -0.123. The van der Waals surface area contributed by atoms with Gasteiger partial charge in [-0.25, -0.2) is 4.79 Å². The van der Waals surface area contributed by atoms with E-state index in [-0.39, 0.29) is 17.4 Å². The second kappa shape index (κ2) is 7.67. The molecule has 0 spiro atoms. The smallest absolute Gasteiger partial charge is 0.346 e. The Hall–Kier alpha value is -1.60. The zero-order valence-corrected chi connectivity index (χ0v) is 10.8. The molecule has 18 heavy (non-hydrogen) atoms. The number of carboxylic acid groups (broad SMARTS) is 1. The zero-order valence-electron chi connectivity index (χ0n) is 9.97. The molecule has 1 rings (SSSR count). The van der Waals surface area contributed by atoms with Crippen LogP contribution in [-0.2, 0) is 9.53 Å². The van der Waals surface area contributed by atoms with Crippen molar-refractivity contribution in [2.75, 3.05) is 26.9 Å². The van der Waals surface area contributed by atoms with Crippen molar-refractivity contribution >= 4 is 23.2 Å². The summed E-state index contributed by atoms with van der Waals surface area (Å²) in [5.74, 6) is -0.850. The summed E-state index contributed by atoms with van der Waals surface area (Å²) in [6, 6.07) is 1.39. The van der Waals surface area contributed by atoms with Crippen molar-refractivity contribution in [1.29, 1.82) is 0 Å². The molecule has 0 fully saturated rings. The molecule has 0 unspecified atom stereocenters. The lowest BCUT2D eigenvalue weighted by atomic mass is 10.4. The highest BCUT2D eigenvalue weighted by Gasteiger charge is 2.08. The molecular formula is C11H15NO5S. The van der Waals surface area contributed by atoms with Crippen LogP contribution >= 0.6 is 11.3 Å². The van der Waals surface area contributed by atoms with Crippen molar-refractivity contribution in [3.63, 3.8) is 0 Å². The first-order chi connectivity index (χ1) is 8.63. The maximum absolute atomic E-state index is 11.3. The van der Waals surface area contributed by atoms with Crippen LogP contribution in [0.25, 0.3) is 0 Å². The molecule has 0 bridgehead atoms. The molecular weight excluding hydrogens is 258 g/mol. The normalized spacial score (nSPS) is 10.1. The lowest BCUT2D eigenvalue weighted by Gasteiger charge is -2.05. The Labute approximate surface area is 109 Å². The molecule has 6 nitrogen and oxygen atoms in total. The van der Waals surface area contributed by atoms with Gasteiger partial charge in [-0.2, -0.15) is 0 Å². The molecule has 0 aliphatic heterocycles. The van der Waals surface area contributed by atoms with Gasteiger partial charge < -0.3 is 19.9 Å². The molecule has 0 saturated heterocycles. The quantitative estimate of drug-likeness (QED) is 0.690. The Kier molecular flexibility index (Phi) is 6.16. The molecule has 0 aliphatic carbocycles. The van der Waals surface area contributed by atoms with Gasteiger partial charge in [-0.15, -0.1) is 11.3 Å². The minimum absolute atomic E-state index is 0.122. The topological polar surface area (TPSA) is 84.9 Å². The van der Waals surface area contributed by atoms with Crippen LogP contribution in [0.15, 0.2) is 11.4 Å². The predicted molar refractivity (Wildman–Crippen MR) is 66.3 cm³/mol. The van der Waals surface area contributed by atoms with E-state index in [2.05, 4.69) is 5.32 Å². The number of thiophene rings is 1. The standard InChI is InChI=1S/C11H15NO5S/c1-16-4-2-3-12-10(13)6-17-8-5-9(11(14)15)18-7-8/h5,7H,2-4,6H2,1H3,(H,12,13)(H,14,15). The van der Waals surface area contributed by atoms with Crippen LogP contribution in [0, 0.1) is 0 Å². The number of carbonyl (C=O) groups excluding carboxylic acids is 1. The average molecular weight is 273 g/mol. The molecule has 0 aromatic carbocycles. The van der Waals surface area contributed by atoms with Gasteiger partial charge in [0.1, 0.15) is 10.6 Å². The summed E-state index contributed by atoms with van der Waals surface area (Å²) in [5, 5.41) is 12.9. The highest BCUT2D eigenvalue weighted by molar-refractivity contribution is 7.12. The van der Waals surface area contributed by atoms with Crippen molar-refractivity contribution in [2.45, 2.75) is 6.42 Å². The molecule has 1 amide bonds. The third-order valence-electron chi connectivity index (χ3n) is 2.00. The first kappa shape index (κ1) is 14.5. The SMILES string of the molecule is COCCCNC(=O)COc1csc(C(=O)O)c1. The van der Waals surface area contributed by atoms with Crippen LogP contribution in [-0.4, -0.2) is 43.9 Å². The van der Waals surface area contributed by atoms with Crippen LogP contribution < -0.4 is 10.1 Å². The molecule has 0 radical (unpaired) electrons. The summed E-state index contributed by atoms with van der Waals surface area (Å²) < 4.78 is 10.0. The summed E-state index contributed by atoms with van der Waals surface area (Å²) in [7, 11) is 1.60. The van der Waals surface area contributed by atoms with Gasteiger partial charge in [-0.3, -0.25) is 4.79 Å². The van der Waals surface area contributed by atoms with Crippen molar-refractivity contribution < 1.29 is 24.2 Å². The lowest BCUT2D eigenvalue weighted by Crippen LogP contribution is -2.30. The van der Waals surface area contributed by atoms with Crippen LogP contribution in [0.4, 0.5) is 0 Å². The van der Waals surface area contributed by atoms with Crippen LogP contribution in [0.2, 0.25) is 0 Å². The van der Waals surface area contributed by atoms with Gasteiger partial charge in [-0.05, 0) is 6.42 Å². The molecule has 0 aliphatic rings. The number of rotatable bonds is 8. The number of amides is 1. The zero-order chi connectivity index (χ0) is 13.4. The van der Waals surface area contributed by atoms with Gasteiger partial charge in [-0.1, -0.05) is 0 Å². The first-order valence-electron chi connectivity index (χ1n) is 5.33. The van der Waals surface area contributed by atoms with E-state index in [1.807, 2.05) is 0 Å². The number of hydrogen-bond donors (Lipinski definition) is 2. The molecule has 1 aromatic heterocycles. The number of carboxylic acids is 1.